The molecule has 1 heterocycles. The van der Waals surface area contributed by atoms with Crippen LogP contribution in [0.1, 0.15) is 38.3 Å². The van der Waals surface area contributed by atoms with Gasteiger partial charge in [-0.15, -0.1) is 0 Å². The van der Waals surface area contributed by atoms with Crippen LogP contribution in [0.25, 0.3) is 0 Å². The Morgan fingerprint density at radius 3 is 2.00 bits per heavy atom. The van der Waals surface area contributed by atoms with Crippen molar-refractivity contribution in [3.05, 3.63) is 102 Å². The molecule has 0 saturated carbocycles. The molecule has 34 heavy (non-hydrogen) atoms. The summed E-state index contributed by atoms with van der Waals surface area (Å²) in [5, 5.41) is 0. The van der Waals surface area contributed by atoms with E-state index in [9.17, 15) is 9.59 Å². The number of benzene rings is 3. The molecule has 172 valence electrons. The Hall–Kier alpha value is -3.66. The zero-order chi connectivity index (χ0) is 23.9. The van der Waals surface area contributed by atoms with Crippen LogP contribution in [0.5, 0.6) is 11.5 Å². The van der Waals surface area contributed by atoms with Crippen LogP contribution in [0.2, 0.25) is 0 Å². The molecule has 5 rings (SSSR count). The fraction of sp³-hybridized carbons (Fsp3) is 0.267. The maximum absolute atomic E-state index is 13.0. The number of amides is 2. The van der Waals surface area contributed by atoms with E-state index in [1.165, 1.54) is 16.0 Å². The zero-order valence-corrected chi connectivity index (χ0v) is 19.8. The number of fused-ring (bicyclic) bond motifs is 1. The van der Waals surface area contributed by atoms with Crippen LogP contribution in [0.3, 0.4) is 0 Å². The van der Waals surface area contributed by atoms with Gasteiger partial charge in [0, 0.05) is 5.41 Å². The molecule has 2 aliphatic rings. The third-order valence-electron chi connectivity index (χ3n) is 7.27. The third-order valence-corrected chi connectivity index (χ3v) is 7.27. The Morgan fingerprint density at radius 2 is 1.38 bits per heavy atom. The third kappa shape index (κ3) is 3.83. The van der Waals surface area contributed by atoms with Crippen LogP contribution in [-0.4, -0.2) is 11.8 Å². The Bertz CT molecular complexity index is 1230. The minimum absolute atomic E-state index is 0.0812. The second-order valence-electron chi connectivity index (χ2n) is 9.78. The van der Waals surface area contributed by atoms with Crippen LogP contribution in [0.15, 0.2) is 91.0 Å². The molecule has 0 radical (unpaired) electrons. The van der Waals surface area contributed by atoms with Gasteiger partial charge in [-0.3, -0.25) is 14.5 Å². The van der Waals surface area contributed by atoms with Crippen molar-refractivity contribution in [1.29, 1.82) is 0 Å². The highest BCUT2D eigenvalue weighted by molar-refractivity contribution is 6.22. The molecule has 4 nitrogen and oxygen atoms in total. The van der Waals surface area contributed by atoms with E-state index < -0.39 is 0 Å². The molecular formula is C30H29NO3. The molecular weight excluding hydrogens is 422 g/mol. The van der Waals surface area contributed by atoms with E-state index in [0.717, 1.165) is 5.75 Å². The minimum Gasteiger partial charge on any atom is -0.457 e. The van der Waals surface area contributed by atoms with Gasteiger partial charge in [-0.2, -0.15) is 0 Å². The van der Waals surface area contributed by atoms with Gasteiger partial charge in [0.2, 0.25) is 11.8 Å². The van der Waals surface area contributed by atoms with Crippen molar-refractivity contribution in [3.8, 4) is 11.5 Å². The van der Waals surface area contributed by atoms with Gasteiger partial charge in [0.1, 0.15) is 11.5 Å². The number of allylic oxidation sites excluding steroid dienone is 2. The summed E-state index contributed by atoms with van der Waals surface area (Å²) in [6.45, 7) is 6.43. The van der Waals surface area contributed by atoms with Crippen molar-refractivity contribution in [2.24, 2.45) is 17.8 Å². The Labute approximate surface area is 200 Å². The Morgan fingerprint density at radius 1 is 0.794 bits per heavy atom. The first-order valence-corrected chi connectivity index (χ1v) is 11.8. The highest BCUT2D eigenvalue weighted by Gasteiger charge is 2.50. The monoisotopic (exact) mass is 451 g/mol. The normalized spacial score (nSPS) is 22.1. The van der Waals surface area contributed by atoms with Crippen molar-refractivity contribution in [2.45, 2.75) is 32.6 Å². The first-order chi connectivity index (χ1) is 16.4. The average molecular weight is 452 g/mol. The predicted octanol–water partition coefficient (Wildman–Crippen LogP) is 6.51. The van der Waals surface area contributed by atoms with E-state index in [0.29, 0.717) is 17.9 Å². The molecule has 0 bridgehead atoms. The maximum atomic E-state index is 13.0. The van der Waals surface area contributed by atoms with Crippen molar-refractivity contribution >= 4 is 17.5 Å². The van der Waals surface area contributed by atoms with Gasteiger partial charge in [0.15, 0.2) is 0 Å². The fourth-order valence-corrected chi connectivity index (χ4v) is 5.16. The van der Waals surface area contributed by atoms with Crippen molar-refractivity contribution in [2.75, 3.05) is 4.90 Å². The van der Waals surface area contributed by atoms with Gasteiger partial charge in [-0.25, -0.2) is 0 Å². The van der Waals surface area contributed by atoms with Gasteiger partial charge in [-0.05, 0) is 59.9 Å². The van der Waals surface area contributed by atoms with Crippen LogP contribution < -0.4 is 9.64 Å². The summed E-state index contributed by atoms with van der Waals surface area (Å²) in [6, 6.07) is 25.8. The van der Waals surface area contributed by atoms with E-state index in [-0.39, 0.29) is 35.0 Å². The number of carbonyl (C=O) groups is 2. The summed E-state index contributed by atoms with van der Waals surface area (Å²) in [7, 11) is 0. The zero-order valence-electron chi connectivity index (χ0n) is 19.8. The average Bonchev–Trinajstić information content (AvgIpc) is 3.11. The van der Waals surface area contributed by atoms with E-state index in [2.05, 4.69) is 50.2 Å². The maximum Gasteiger partial charge on any atom is 0.238 e. The lowest BCUT2D eigenvalue weighted by Crippen LogP contribution is -2.31. The topological polar surface area (TPSA) is 46.6 Å². The van der Waals surface area contributed by atoms with E-state index in [4.69, 9.17) is 4.74 Å². The molecule has 3 unspecified atom stereocenters. The van der Waals surface area contributed by atoms with E-state index in [1.54, 1.807) is 24.3 Å². The first kappa shape index (κ1) is 22.1. The SMILES string of the molecule is CC1C=CCC2C(=O)N(c3ccc(Oc4ccc(C(C)(C)c5ccccc5)cc4)cc3)C(=O)C12. The number of imide groups is 1. The quantitative estimate of drug-likeness (QED) is 0.328. The lowest BCUT2D eigenvalue weighted by Gasteiger charge is -2.26. The van der Waals surface area contributed by atoms with Crippen molar-refractivity contribution in [1.82, 2.24) is 0 Å². The molecule has 1 aliphatic heterocycles. The van der Waals surface area contributed by atoms with E-state index in [1.807, 2.05) is 37.3 Å². The summed E-state index contributed by atoms with van der Waals surface area (Å²) in [5.41, 5.74) is 2.96. The summed E-state index contributed by atoms with van der Waals surface area (Å²) in [6.07, 6.45) is 4.69. The molecule has 0 aromatic heterocycles. The number of hydrogen-bond acceptors (Lipinski definition) is 3. The summed E-state index contributed by atoms with van der Waals surface area (Å²) in [4.78, 5) is 27.3. The van der Waals surface area contributed by atoms with Crippen LogP contribution in [0.4, 0.5) is 5.69 Å². The fourth-order valence-electron chi connectivity index (χ4n) is 5.16. The Balaban J connectivity index is 1.30. The molecule has 0 N–H and O–H groups in total. The molecule has 0 spiro atoms. The van der Waals surface area contributed by atoms with Crippen molar-refractivity contribution in [3.63, 3.8) is 0 Å². The summed E-state index contributed by atoms with van der Waals surface area (Å²) >= 11 is 0. The second-order valence-corrected chi connectivity index (χ2v) is 9.78. The minimum atomic E-state index is -0.257. The standard InChI is InChI=1S/C30H29NO3/c1-20-8-7-11-26-27(20)29(33)31(28(26)32)23-14-18-25(19-15-23)34-24-16-12-22(13-17-24)30(2,3)21-9-5-4-6-10-21/h4-10,12-20,26-27H,11H2,1-3H3. The number of nitrogens with zero attached hydrogens (tertiary/aromatic N) is 1. The van der Waals surface area contributed by atoms with Crippen LogP contribution >= 0.6 is 0 Å². The lowest BCUT2D eigenvalue weighted by atomic mass is 9.78. The summed E-state index contributed by atoms with van der Waals surface area (Å²) in [5.74, 6) is 0.769. The number of rotatable bonds is 5. The largest absolute Gasteiger partial charge is 0.457 e. The molecule has 1 saturated heterocycles. The Kier molecular flexibility index (Phi) is 5.60. The van der Waals surface area contributed by atoms with Gasteiger partial charge >= 0.3 is 0 Å². The highest BCUT2D eigenvalue weighted by Crippen LogP contribution is 2.41. The highest BCUT2D eigenvalue weighted by atomic mass is 16.5. The molecule has 1 fully saturated rings. The molecule has 3 aromatic rings. The number of hydrogen-bond donors (Lipinski definition) is 0. The number of anilines is 1. The smallest absolute Gasteiger partial charge is 0.238 e. The molecule has 3 aromatic carbocycles. The van der Waals surface area contributed by atoms with Gasteiger partial charge in [0.25, 0.3) is 0 Å². The molecule has 3 atom stereocenters. The number of ether oxygens (including phenoxy) is 1. The van der Waals surface area contributed by atoms with E-state index >= 15 is 0 Å². The lowest BCUT2D eigenvalue weighted by molar-refractivity contribution is -0.122. The van der Waals surface area contributed by atoms with Crippen molar-refractivity contribution < 1.29 is 14.3 Å². The molecule has 1 aliphatic carbocycles. The first-order valence-electron chi connectivity index (χ1n) is 11.8. The second kappa shape index (κ2) is 8.60. The van der Waals surface area contributed by atoms with Gasteiger partial charge in [0.05, 0.1) is 17.5 Å². The van der Waals surface area contributed by atoms with Crippen LogP contribution in [-0.2, 0) is 15.0 Å². The molecule has 4 heteroatoms. The van der Waals surface area contributed by atoms with Gasteiger partial charge in [-0.1, -0.05) is 75.4 Å². The summed E-state index contributed by atoms with van der Waals surface area (Å²) < 4.78 is 6.04. The van der Waals surface area contributed by atoms with Gasteiger partial charge < -0.3 is 4.74 Å². The molecule has 2 amide bonds. The predicted molar refractivity (Wildman–Crippen MR) is 134 cm³/mol. The number of carbonyl (C=O) groups excluding carboxylic acids is 2. The van der Waals surface area contributed by atoms with Crippen LogP contribution in [0, 0.1) is 17.8 Å².